The number of hydrogen-bond donors (Lipinski definition) is 1. The van der Waals surface area contributed by atoms with Crippen molar-refractivity contribution < 1.29 is 14.2 Å². The van der Waals surface area contributed by atoms with Gasteiger partial charge < -0.3 is 19.9 Å². The Balaban J connectivity index is 1.71. The molecule has 6 nitrogen and oxygen atoms in total. The number of nitrogens with zero attached hydrogens (tertiary/aromatic N) is 2. The standard InChI is InChI=1S/C25H17Cl2N3O3/c1-31-20-7-6-13(8-15(20)17-11-30-22(27)9-19(17)26)23-16(10-28)25(29)33-24-14-4-2-3-5-21(14)32-12-18(23)24/h2-9,11,23H,12,29H2,1H3. The molecule has 8 heteroatoms. The number of methoxy groups -OCH3 is 1. The maximum Gasteiger partial charge on any atom is 0.205 e. The lowest BCUT2D eigenvalue weighted by Gasteiger charge is -2.33. The number of nitriles is 1. The first-order valence-electron chi connectivity index (χ1n) is 10.0. The highest BCUT2D eigenvalue weighted by atomic mass is 35.5. The fraction of sp³-hybridized carbons (Fsp3) is 0.120. The van der Waals surface area contributed by atoms with Crippen LogP contribution in [0.15, 0.2) is 71.8 Å². The van der Waals surface area contributed by atoms with Crippen molar-refractivity contribution in [3.8, 4) is 28.7 Å². The number of ether oxygens (including phenoxy) is 3. The van der Waals surface area contributed by atoms with Crippen LogP contribution >= 0.6 is 23.2 Å². The quantitative estimate of drug-likeness (QED) is 0.488. The highest BCUT2D eigenvalue weighted by Crippen LogP contribution is 2.48. The molecule has 0 bridgehead atoms. The summed E-state index contributed by atoms with van der Waals surface area (Å²) in [5.41, 5.74) is 10.3. The van der Waals surface area contributed by atoms with Crippen molar-refractivity contribution in [1.82, 2.24) is 4.98 Å². The Labute approximate surface area is 200 Å². The third kappa shape index (κ3) is 3.56. The second-order valence-corrected chi connectivity index (χ2v) is 8.31. The van der Waals surface area contributed by atoms with E-state index in [1.54, 1.807) is 19.4 Å². The Morgan fingerprint density at radius 1 is 1.12 bits per heavy atom. The van der Waals surface area contributed by atoms with E-state index in [-0.39, 0.29) is 12.5 Å². The van der Waals surface area contributed by atoms with Gasteiger partial charge in [0.15, 0.2) is 0 Å². The second kappa shape index (κ2) is 8.36. The van der Waals surface area contributed by atoms with Gasteiger partial charge in [-0.15, -0.1) is 0 Å². The molecule has 3 aromatic rings. The van der Waals surface area contributed by atoms with E-state index in [0.717, 1.165) is 16.7 Å². The van der Waals surface area contributed by atoms with Gasteiger partial charge in [0.25, 0.3) is 0 Å². The molecule has 1 aromatic heterocycles. The fourth-order valence-electron chi connectivity index (χ4n) is 4.20. The zero-order chi connectivity index (χ0) is 23.1. The van der Waals surface area contributed by atoms with E-state index < -0.39 is 5.92 Å². The largest absolute Gasteiger partial charge is 0.496 e. The van der Waals surface area contributed by atoms with Gasteiger partial charge in [0, 0.05) is 22.9 Å². The Bertz CT molecular complexity index is 1390. The van der Waals surface area contributed by atoms with E-state index in [0.29, 0.717) is 44.1 Å². The van der Waals surface area contributed by atoms with Crippen molar-refractivity contribution in [3.63, 3.8) is 0 Å². The summed E-state index contributed by atoms with van der Waals surface area (Å²) in [4.78, 5) is 4.16. The highest BCUT2D eigenvalue weighted by Gasteiger charge is 2.37. The normalized spacial score (nSPS) is 16.8. The van der Waals surface area contributed by atoms with Gasteiger partial charge in [0.2, 0.25) is 5.88 Å². The van der Waals surface area contributed by atoms with Crippen molar-refractivity contribution in [2.24, 2.45) is 5.73 Å². The average molecular weight is 478 g/mol. The smallest absolute Gasteiger partial charge is 0.205 e. The minimum Gasteiger partial charge on any atom is -0.496 e. The van der Waals surface area contributed by atoms with Gasteiger partial charge in [-0.05, 0) is 35.9 Å². The topological polar surface area (TPSA) is 90.4 Å². The van der Waals surface area contributed by atoms with Crippen molar-refractivity contribution in [3.05, 3.63) is 93.1 Å². The van der Waals surface area contributed by atoms with Gasteiger partial charge in [0.05, 0.1) is 23.6 Å². The predicted octanol–water partition coefficient (Wildman–Crippen LogP) is 5.68. The lowest BCUT2D eigenvalue weighted by atomic mass is 9.80. The summed E-state index contributed by atoms with van der Waals surface area (Å²) in [6, 6.07) is 17.0. The Kier molecular flexibility index (Phi) is 5.37. The molecule has 0 saturated heterocycles. The number of hydrogen-bond acceptors (Lipinski definition) is 6. The molecular formula is C25H17Cl2N3O3. The number of pyridine rings is 1. The van der Waals surface area contributed by atoms with E-state index in [4.69, 9.17) is 43.1 Å². The van der Waals surface area contributed by atoms with Crippen LogP contribution in [0.4, 0.5) is 0 Å². The Morgan fingerprint density at radius 2 is 1.94 bits per heavy atom. The lowest BCUT2D eigenvalue weighted by molar-refractivity contribution is 0.294. The number of allylic oxidation sites excluding steroid dienone is 1. The van der Waals surface area contributed by atoms with Crippen molar-refractivity contribution in [2.45, 2.75) is 5.92 Å². The molecule has 2 N–H and O–H groups in total. The number of aromatic nitrogens is 1. The molecule has 5 rings (SSSR count). The number of benzene rings is 2. The first kappa shape index (κ1) is 21.2. The van der Waals surface area contributed by atoms with Crippen molar-refractivity contribution in [1.29, 1.82) is 5.26 Å². The number of nitrogens with two attached hydrogens (primary N) is 1. The molecular weight excluding hydrogens is 461 g/mol. The SMILES string of the molecule is COc1ccc(C2C(C#N)=C(N)OC3=C2COc2ccccc23)cc1-c1cnc(Cl)cc1Cl. The molecule has 2 aliphatic rings. The highest BCUT2D eigenvalue weighted by molar-refractivity contribution is 6.35. The summed E-state index contributed by atoms with van der Waals surface area (Å²) in [6.07, 6.45) is 1.59. The first-order valence-corrected chi connectivity index (χ1v) is 10.8. The van der Waals surface area contributed by atoms with E-state index in [1.807, 2.05) is 42.5 Å². The Morgan fingerprint density at radius 3 is 2.70 bits per heavy atom. The fourth-order valence-corrected chi connectivity index (χ4v) is 4.67. The number of rotatable bonds is 3. The van der Waals surface area contributed by atoms with Gasteiger partial charge in [-0.1, -0.05) is 41.4 Å². The summed E-state index contributed by atoms with van der Waals surface area (Å²) in [7, 11) is 1.58. The lowest BCUT2D eigenvalue weighted by Crippen LogP contribution is -2.26. The van der Waals surface area contributed by atoms with E-state index >= 15 is 0 Å². The third-order valence-electron chi connectivity index (χ3n) is 5.71. The summed E-state index contributed by atoms with van der Waals surface area (Å²) < 4.78 is 17.5. The number of halogens is 2. The summed E-state index contributed by atoms with van der Waals surface area (Å²) in [5, 5.41) is 10.7. The predicted molar refractivity (Wildman–Crippen MR) is 126 cm³/mol. The van der Waals surface area contributed by atoms with Crippen LogP contribution in [0.3, 0.4) is 0 Å². The van der Waals surface area contributed by atoms with E-state index in [1.165, 1.54) is 0 Å². The van der Waals surface area contributed by atoms with Gasteiger partial charge in [0.1, 0.15) is 40.7 Å². The van der Waals surface area contributed by atoms with E-state index in [2.05, 4.69) is 11.1 Å². The maximum absolute atomic E-state index is 9.94. The minimum absolute atomic E-state index is 0.0708. The van der Waals surface area contributed by atoms with Gasteiger partial charge in [-0.3, -0.25) is 0 Å². The van der Waals surface area contributed by atoms with Gasteiger partial charge >= 0.3 is 0 Å². The van der Waals surface area contributed by atoms with Crippen LogP contribution in [0, 0.1) is 11.3 Å². The molecule has 0 amide bonds. The zero-order valence-electron chi connectivity index (χ0n) is 17.4. The molecule has 1 unspecified atom stereocenters. The second-order valence-electron chi connectivity index (χ2n) is 7.51. The molecule has 33 heavy (non-hydrogen) atoms. The molecule has 2 aliphatic heterocycles. The zero-order valence-corrected chi connectivity index (χ0v) is 18.9. The van der Waals surface area contributed by atoms with Crippen LogP contribution in [0.1, 0.15) is 17.0 Å². The number of para-hydroxylation sites is 1. The molecule has 0 aliphatic carbocycles. The van der Waals surface area contributed by atoms with Crippen LogP contribution in [0.2, 0.25) is 10.2 Å². The molecule has 0 saturated carbocycles. The van der Waals surface area contributed by atoms with Gasteiger partial charge in [-0.25, -0.2) is 4.98 Å². The minimum atomic E-state index is -0.462. The van der Waals surface area contributed by atoms with Crippen LogP contribution < -0.4 is 15.2 Å². The average Bonchev–Trinajstić information content (AvgIpc) is 2.83. The van der Waals surface area contributed by atoms with E-state index in [9.17, 15) is 5.26 Å². The first-order chi connectivity index (χ1) is 16.0. The van der Waals surface area contributed by atoms with Crippen LogP contribution in [0.5, 0.6) is 11.5 Å². The molecule has 164 valence electrons. The van der Waals surface area contributed by atoms with Crippen molar-refractivity contribution in [2.75, 3.05) is 13.7 Å². The molecule has 0 spiro atoms. The Hall–Kier alpha value is -3.66. The summed E-state index contributed by atoms with van der Waals surface area (Å²) in [5.74, 6) is 1.53. The molecule has 0 radical (unpaired) electrons. The monoisotopic (exact) mass is 477 g/mol. The number of fused-ring (bicyclic) bond motifs is 2. The molecule has 2 aromatic carbocycles. The molecule has 3 heterocycles. The van der Waals surface area contributed by atoms with Gasteiger partial charge in [-0.2, -0.15) is 5.26 Å². The molecule has 0 fully saturated rings. The van der Waals surface area contributed by atoms with Crippen LogP contribution in [-0.4, -0.2) is 18.7 Å². The van der Waals surface area contributed by atoms with Crippen LogP contribution in [-0.2, 0) is 4.74 Å². The summed E-state index contributed by atoms with van der Waals surface area (Å²) >= 11 is 12.5. The maximum atomic E-state index is 9.94. The summed E-state index contributed by atoms with van der Waals surface area (Å²) in [6.45, 7) is 0.264. The van der Waals surface area contributed by atoms with Crippen molar-refractivity contribution >= 4 is 29.0 Å². The third-order valence-corrected chi connectivity index (χ3v) is 6.23. The molecule has 1 atom stereocenters. The van der Waals surface area contributed by atoms with Crippen LogP contribution in [0.25, 0.3) is 16.9 Å².